The van der Waals surface area contributed by atoms with Crippen LogP contribution in [0.15, 0.2) is 77.7 Å². The van der Waals surface area contributed by atoms with Crippen LogP contribution in [0, 0.1) is 0 Å². The third kappa shape index (κ3) is 3.38. The topological polar surface area (TPSA) is 85.0 Å². The fourth-order valence-corrected chi connectivity index (χ4v) is 3.34. The van der Waals surface area contributed by atoms with Crippen LogP contribution < -0.4 is 0 Å². The van der Waals surface area contributed by atoms with Gasteiger partial charge in [0.25, 0.3) is 5.91 Å². The second-order valence-corrected chi connectivity index (χ2v) is 6.90. The largest absolute Gasteiger partial charge is 0.338 e. The van der Waals surface area contributed by atoms with Crippen molar-refractivity contribution in [3.05, 3.63) is 84.6 Å². The van der Waals surface area contributed by atoms with Crippen molar-refractivity contribution >= 4 is 5.91 Å². The fourth-order valence-electron chi connectivity index (χ4n) is 3.34. The van der Waals surface area contributed by atoms with Gasteiger partial charge >= 0.3 is 0 Å². The number of likely N-dealkylation sites (tertiary alicyclic amines) is 1. The minimum atomic E-state index is 0.00882. The predicted octanol–water partition coefficient (Wildman–Crippen LogP) is 3.43. The maximum atomic E-state index is 12.7. The summed E-state index contributed by atoms with van der Waals surface area (Å²) in [6.45, 7) is 1.11. The van der Waals surface area contributed by atoms with E-state index in [1.165, 1.54) is 0 Å². The fraction of sp³-hybridized carbons (Fsp3) is 0.136. The Hall–Kier alpha value is -3.87. The molecule has 5 rings (SSSR count). The highest BCUT2D eigenvalue weighted by molar-refractivity contribution is 5.95. The lowest BCUT2D eigenvalue weighted by molar-refractivity contribution is 0.0569. The number of hydrogen-bond acceptors (Lipinski definition) is 6. The first kappa shape index (κ1) is 17.2. The van der Waals surface area contributed by atoms with Crippen LogP contribution in [0.3, 0.4) is 0 Å². The van der Waals surface area contributed by atoms with Gasteiger partial charge in [-0.05, 0) is 23.3 Å². The molecule has 142 valence electrons. The zero-order chi connectivity index (χ0) is 19.6. The second kappa shape index (κ2) is 7.27. The minimum absolute atomic E-state index is 0.00882. The lowest BCUT2D eigenvalue weighted by Gasteiger charge is -2.37. The number of aromatic nitrogens is 4. The monoisotopic (exact) mass is 383 g/mol. The summed E-state index contributed by atoms with van der Waals surface area (Å²) >= 11 is 0. The van der Waals surface area contributed by atoms with Crippen molar-refractivity contribution in [3.8, 4) is 22.6 Å². The van der Waals surface area contributed by atoms with Crippen LogP contribution in [0.25, 0.3) is 22.6 Å². The van der Waals surface area contributed by atoms with E-state index in [0.717, 1.165) is 11.1 Å². The molecular weight excluding hydrogens is 366 g/mol. The van der Waals surface area contributed by atoms with Crippen molar-refractivity contribution in [3.63, 3.8) is 0 Å². The van der Waals surface area contributed by atoms with Gasteiger partial charge in [0.2, 0.25) is 11.7 Å². The first-order valence-electron chi connectivity index (χ1n) is 9.33. The van der Waals surface area contributed by atoms with Gasteiger partial charge in [-0.2, -0.15) is 4.98 Å². The Morgan fingerprint density at radius 3 is 2.45 bits per heavy atom. The maximum absolute atomic E-state index is 12.7. The molecule has 1 saturated heterocycles. The molecule has 1 amide bonds. The van der Waals surface area contributed by atoms with E-state index in [9.17, 15) is 4.79 Å². The average Bonchev–Trinajstić information content (AvgIpc) is 3.24. The maximum Gasteiger partial charge on any atom is 0.253 e. The minimum Gasteiger partial charge on any atom is -0.338 e. The van der Waals surface area contributed by atoms with Crippen LogP contribution >= 0.6 is 0 Å². The standard InChI is InChI=1S/C22H17N5O2/c28-22(17-8-6-16(7-9-17)15-4-2-1-3-5-15)27-13-18(14-27)21-25-20(26-29-21)19-12-23-10-11-24-19/h1-12,18H,13-14H2. The number of benzene rings is 2. The third-order valence-electron chi connectivity index (χ3n) is 4.99. The molecule has 7 nitrogen and oxygen atoms in total. The van der Waals surface area contributed by atoms with Crippen molar-refractivity contribution < 1.29 is 9.32 Å². The number of rotatable bonds is 4. The molecule has 0 spiro atoms. The SMILES string of the molecule is O=C(c1ccc(-c2ccccc2)cc1)N1CC(c2nc(-c3cnccn3)no2)C1. The highest BCUT2D eigenvalue weighted by Gasteiger charge is 2.36. The summed E-state index contributed by atoms with van der Waals surface area (Å²) in [6, 6.07) is 17.8. The van der Waals surface area contributed by atoms with E-state index in [2.05, 4.69) is 32.2 Å². The van der Waals surface area contributed by atoms with Crippen molar-refractivity contribution in [2.24, 2.45) is 0 Å². The summed E-state index contributed by atoms with van der Waals surface area (Å²) in [5.41, 5.74) is 3.46. The summed E-state index contributed by atoms with van der Waals surface area (Å²) in [4.78, 5) is 27.1. The van der Waals surface area contributed by atoms with Gasteiger partial charge in [-0.3, -0.25) is 9.78 Å². The molecule has 3 heterocycles. The Balaban J connectivity index is 1.23. The van der Waals surface area contributed by atoms with Crippen LogP contribution in [-0.4, -0.2) is 44.0 Å². The summed E-state index contributed by atoms with van der Waals surface area (Å²) in [5.74, 6) is 0.985. The van der Waals surface area contributed by atoms with E-state index in [1.54, 1.807) is 23.5 Å². The molecule has 0 N–H and O–H groups in total. The Labute approximate surface area is 167 Å². The molecule has 0 radical (unpaired) electrons. The highest BCUT2D eigenvalue weighted by Crippen LogP contribution is 2.29. The molecule has 0 aliphatic carbocycles. The zero-order valence-corrected chi connectivity index (χ0v) is 15.5. The molecule has 1 fully saturated rings. The molecule has 4 aromatic rings. The van der Waals surface area contributed by atoms with Gasteiger partial charge in [-0.25, -0.2) is 4.98 Å². The molecular formula is C22H17N5O2. The molecule has 0 unspecified atom stereocenters. The van der Waals surface area contributed by atoms with Crippen molar-refractivity contribution in [2.45, 2.75) is 5.92 Å². The highest BCUT2D eigenvalue weighted by atomic mass is 16.5. The van der Waals surface area contributed by atoms with Crippen LogP contribution in [0.5, 0.6) is 0 Å². The van der Waals surface area contributed by atoms with Gasteiger partial charge in [-0.1, -0.05) is 47.6 Å². The Bertz CT molecular complexity index is 1120. The van der Waals surface area contributed by atoms with Crippen molar-refractivity contribution in [1.29, 1.82) is 0 Å². The number of amides is 1. The average molecular weight is 383 g/mol. The molecule has 2 aromatic carbocycles. The van der Waals surface area contributed by atoms with E-state index < -0.39 is 0 Å². The summed E-state index contributed by atoms with van der Waals surface area (Å²) in [7, 11) is 0. The lowest BCUT2D eigenvalue weighted by Crippen LogP contribution is -2.48. The van der Waals surface area contributed by atoms with E-state index in [-0.39, 0.29) is 11.8 Å². The van der Waals surface area contributed by atoms with Gasteiger partial charge in [0, 0.05) is 31.0 Å². The van der Waals surface area contributed by atoms with Crippen molar-refractivity contribution in [1.82, 2.24) is 25.0 Å². The third-order valence-corrected chi connectivity index (χ3v) is 4.99. The van der Waals surface area contributed by atoms with Gasteiger partial charge in [0.15, 0.2) is 0 Å². The quantitative estimate of drug-likeness (QED) is 0.537. The zero-order valence-electron chi connectivity index (χ0n) is 15.5. The molecule has 0 saturated carbocycles. The Kier molecular flexibility index (Phi) is 4.32. The smallest absolute Gasteiger partial charge is 0.253 e. The first-order valence-corrected chi connectivity index (χ1v) is 9.33. The summed E-state index contributed by atoms with van der Waals surface area (Å²) in [5, 5.41) is 3.96. The summed E-state index contributed by atoms with van der Waals surface area (Å²) in [6.07, 6.45) is 4.76. The molecule has 0 atom stereocenters. The number of carbonyl (C=O) groups is 1. The first-order chi connectivity index (χ1) is 14.3. The molecule has 2 aromatic heterocycles. The second-order valence-electron chi connectivity index (χ2n) is 6.90. The van der Waals surface area contributed by atoms with Gasteiger partial charge < -0.3 is 9.42 Å². The lowest BCUT2D eigenvalue weighted by atomic mass is 9.98. The molecule has 1 aliphatic rings. The molecule has 0 bridgehead atoms. The predicted molar refractivity (Wildman–Crippen MR) is 106 cm³/mol. The van der Waals surface area contributed by atoms with Crippen LogP contribution in [0.1, 0.15) is 22.2 Å². The van der Waals surface area contributed by atoms with Crippen molar-refractivity contribution in [2.75, 3.05) is 13.1 Å². The number of hydrogen-bond donors (Lipinski definition) is 0. The van der Waals surface area contributed by atoms with Gasteiger partial charge in [0.05, 0.1) is 12.1 Å². The summed E-state index contributed by atoms with van der Waals surface area (Å²) < 4.78 is 5.35. The molecule has 1 aliphatic heterocycles. The molecule has 29 heavy (non-hydrogen) atoms. The van der Waals surface area contributed by atoms with E-state index >= 15 is 0 Å². The Morgan fingerprint density at radius 1 is 0.966 bits per heavy atom. The number of nitrogens with zero attached hydrogens (tertiary/aromatic N) is 5. The van der Waals surface area contributed by atoms with Crippen LogP contribution in [-0.2, 0) is 0 Å². The van der Waals surface area contributed by atoms with Gasteiger partial charge in [-0.15, -0.1) is 0 Å². The van der Waals surface area contributed by atoms with E-state index in [0.29, 0.717) is 36.1 Å². The van der Waals surface area contributed by atoms with Crippen LogP contribution in [0.2, 0.25) is 0 Å². The Morgan fingerprint density at radius 2 is 1.72 bits per heavy atom. The van der Waals surface area contributed by atoms with Crippen LogP contribution in [0.4, 0.5) is 0 Å². The molecule has 7 heteroatoms. The van der Waals surface area contributed by atoms with E-state index in [1.807, 2.05) is 42.5 Å². The van der Waals surface area contributed by atoms with Gasteiger partial charge in [0.1, 0.15) is 5.69 Å². The van der Waals surface area contributed by atoms with E-state index in [4.69, 9.17) is 4.52 Å². The number of carbonyl (C=O) groups excluding carboxylic acids is 1. The normalized spacial score (nSPS) is 13.9.